The van der Waals surface area contributed by atoms with E-state index in [0.717, 1.165) is 16.8 Å². The molecule has 5 heterocycles. The Bertz CT molecular complexity index is 1360. The van der Waals surface area contributed by atoms with E-state index in [1.807, 2.05) is 17.2 Å². The highest BCUT2D eigenvalue weighted by Crippen LogP contribution is 2.39. The molecule has 0 radical (unpaired) electrons. The first-order chi connectivity index (χ1) is 16.0. The molecule has 0 aromatic carbocycles. The summed E-state index contributed by atoms with van der Waals surface area (Å²) in [6.07, 6.45) is 5.05. The summed E-state index contributed by atoms with van der Waals surface area (Å²) in [5.41, 5.74) is 3.81. The van der Waals surface area contributed by atoms with Gasteiger partial charge in [-0.3, -0.25) is 4.85 Å². The van der Waals surface area contributed by atoms with Crippen LogP contribution < -0.4 is 9.64 Å². The Morgan fingerprint density at radius 2 is 2.03 bits per heavy atom. The number of pyridine rings is 2. The molecular weight excluding hydrogens is 423 g/mol. The Hall–Kier alpha value is -3.71. The van der Waals surface area contributed by atoms with Crippen LogP contribution in [0.3, 0.4) is 0 Å². The van der Waals surface area contributed by atoms with Crippen LogP contribution in [0.25, 0.3) is 32.7 Å². The van der Waals surface area contributed by atoms with Gasteiger partial charge in [0.1, 0.15) is 6.33 Å². The van der Waals surface area contributed by atoms with Crippen molar-refractivity contribution >= 4 is 22.4 Å². The number of hydrogen-bond acceptors (Lipinski definition) is 6. The Labute approximate surface area is 190 Å². The van der Waals surface area contributed by atoms with Gasteiger partial charge in [-0.2, -0.15) is 5.10 Å². The zero-order valence-electron chi connectivity index (χ0n) is 18.8. The molecule has 33 heavy (non-hydrogen) atoms. The molecule has 0 unspecified atom stereocenters. The molecule has 4 aromatic rings. The number of aromatic amines is 1. The van der Waals surface area contributed by atoms with Crippen molar-refractivity contribution in [2.75, 3.05) is 44.9 Å². The molecule has 5 rings (SSSR count). The summed E-state index contributed by atoms with van der Waals surface area (Å²) in [6.45, 7) is 14.3. The first-order valence-electron chi connectivity index (χ1n) is 10.9. The van der Waals surface area contributed by atoms with Crippen molar-refractivity contribution in [2.24, 2.45) is 0 Å². The number of fused-ring (bicyclic) bond motifs is 2. The van der Waals surface area contributed by atoms with E-state index in [4.69, 9.17) is 11.3 Å². The van der Waals surface area contributed by atoms with Gasteiger partial charge in [0.05, 0.1) is 24.5 Å². The normalized spacial score (nSPS) is 15.0. The van der Waals surface area contributed by atoms with Crippen molar-refractivity contribution in [3.8, 4) is 17.0 Å². The molecule has 9 nitrogen and oxygen atoms in total. The summed E-state index contributed by atoms with van der Waals surface area (Å²) in [5.74, 6) is 0.703. The lowest BCUT2D eigenvalue weighted by Crippen LogP contribution is -2.46. The van der Waals surface area contributed by atoms with E-state index < -0.39 is 0 Å². The highest BCUT2D eigenvalue weighted by atomic mass is 19.1. The van der Waals surface area contributed by atoms with Gasteiger partial charge in [0, 0.05) is 43.3 Å². The number of H-pyrrole nitrogens is 1. The minimum absolute atomic E-state index is 0.0615. The third-order valence-electron chi connectivity index (χ3n) is 6.17. The monoisotopic (exact) mass is 448 g/mol. The van der Waals surface area contributed by atoms with E-state index in [9.17, 15) is 0 Å². The third kappa shape index (κ3) is 3.54. The van der Waals surface area contributed by atoms with Gasteiger partial charge in [-0.05, 0) is 17.5 Å². The SMILES string of the molecule is [C-]#[N+]CN1CCN(c2ncc3[nH]c(-c4cc(OC)c5ncnn5c4)c(C(C)C)c3c2F)CC1. The minimum atomic E-state index is -0.314. The average Bonchev–Trinajstić information content (AvgIpc) is 3.44. The van der Waals surface area contributed by atoms with Crippen LogP contribution in [0.1, 0.15) is 25.3 Å². The second-order valence-electron chi connectivity index (χ2n) is 8.48. The number of nitrogens with one attached hydrogen (secondary N) is 1. The fourth-order valence-electron chi connectivity index (χ4n) is 4.57. The van der Waals surface area contributed by atoms with Crippen LogP contribution in [-0.4, -0.2) is 69.4 Å². The van der Waals surface area contributed by atoms with Gasteiger partial charge in [0.15, 0.2) is 23.0 Å². The number of nitrogens with zero attached hydrogens (tertiary/aromatic N) is 7. The molecule has 1 aliphatic heterocycles. The van der Waals surface area contributed by atoms with E-state index in [2.05, 4.69) is 43.6 Å². The number of ether oxygens (including phenoxy) is 1. The smallest absolute Gasteiger partial charge is 0.270 e. The predicted molar refractivity (Wildman–Crippen MR) is 124 cm³/mol. The minimum Gasteiger partial charge on any atom is -0.493 e. The van der Waals surface area contributed by atoms with Crippen molar-refractivity contribution in [3.63, 3.8) is 0 Å². The van der Waals surface area contributed by atoms with E-state index in [1.54, 1.807) is 17.8 Å². The van der Waals surface area contributed by atoms with Crippen LogP contribution in [0.5, 0.6) is 5.75 Å². The number of aromatic nitrogens is 5. The molecule has 4 aromatic heterocycles. The Balaban J connectivity index is 1.62. The van der Waals surface area contributed by atoms with Gasteiger partial charge in [-0.1, -0.05) is 13.8 Å². The summed E-state index contributed by atoms with van der Waals surface area (Å²) in [6, 6.07) is 1.89. The van der Waals surface area contributed by atoms with Crippen LogP contribution in [0.15, 0.2) is 24.8 Å². The van der Waals surface area contributed by atoms with Gasteiger partial charge >= 0.3 is 0 Å². The van der Waals surface area contributed by atoms with Crippen LogP contribution >= 0.6 is 0 Å². The molecule has 1 aliphatic rings. The largest absolute Gasteiger partial charge is 0.493 e. The van der Waals surface area contributed by atoms with Crippen molar-refractivity contribution in [1.82, 2.24) is 29.5 Å². The molecule has 170 valence electrons. The van der Waals surface area contributed by atoms with Crippen molar-refractivity contribution in [1.29, 1.82) is 0 Å². The molecule has 1 N–H and O–H groups in total. The standard InChI is InChI=1S/C23H25FN8O/c1-14(2)18-19-16(10-26-23(20(19)24)31-7-5-30(6-8-31)13-25-3)29-21(18)15-9-17(33-4)22-27-12-28-32(22)11-15/h9-12,14,29H,5-8,13H2,1-2,4H3. The summed E-state index contributed by atoms with van der Waals surface area (Å²) in [5, 5.41) is 4.81. The lowest BCUT2D eigenvalue weighted by Gasteiger charge is -2.33. The summed E-state index contributed by atoms with van der Waals surface area (Å²) in [4.78, 5) is 19.6. The quantitative estimate of drug-likeness (QED) is 0.471. The summed E-state index contributed by atoms with van der Waals surface area (Å²) in [7, 11) is 1.59. The fraction of sp³-hybridized carbons (Fsp3) is 0.391. The van der Waals surface area contributed by atoms with Crippen LogP contribution in [-0.2, 0) is 0 Å². The lowest BCUT2D eigenvalue weighted by atomic mass is 9.96. The van der Waals surface area contributed by atoms with Crippen molar-refractivity contribution in [2.45, 2.75) is 19.8 Å². The van der Waals surface area contributed by atoms with Crippen LogP contribution in [0.2, 0.25) is 0 Å². The van der Waals surface area contributed by atoms with Crippen molar-refractivity contribution in [3.05, 3.63) is 47.6 Å². The second kappa shape index (κ2) is 8.33. The molecule has 0 spiro atoms. The summed E-state index contributed by atoms with van der Waals surface area (Å²) < 4.78 is 23.1. The number of hydrogen-bond donors (Lipinski definition) is 1. The van der Waals surface area contributed by atoms with Crippen LogP contribution in [0, 0.1) is 12.4 Å². The van der Waals surface area contributed by atoms with E-state index >= 15 is 4.39 Å². The Morgan fingerprint density at radius 1 is 1.24 bits per heavy atom. The molecule has 10 heteroatoms. The molecule has 0 atom stereocenters. The third-order valence-corrected chi connectivity index (χ3v) is 6.17. The molecule has 0 aliphatic carbocycles. The highest BCUT2D eigenvalue weighted by molar-refractivity contribution is 5.93. The number of anilines is 1. The molecule has 1 saturated heterocycles. The Morgan fingerprint density at radius 3 is 2.73 bits per heavy atom. The van der Waals surface area contributed by atoms with E-state index in [1.165, 1.54) is 6.33 Å². The van der Waals surface area contributed by atoms with Gasteiger partial charge in [0.2, 0.25) is 0 Å². The lowest BCUT2D eigenvalue weighted by molar-refractivity contribution is 0.281. The maximum atomic E-state index is 16.0. The number of methoxy groups -OCH3 is 1. The molecule has 1 fully saturated rings. The van der Waals surface area contributed by atoms with Gasteiger partial charge in [-0.15, -0.1) is 0 Å². The Kier molecular flexibility index (Phi) is 5.34. The molecule has 0 bridgehead atoms. The fourth-order valence-corrected chi connectivity index (χ4v) is 4.57. The molecule has 0 saturated carbocycles. The summed E-state index contributed by atoms with van der Waals surface area (Å²) >= 11 is 0. The van der Waals surface area contributed by atoms with Gasteiger partial charge in [0.25, 0.3) is 6.67 Å². The highest BCUT2D eigenvalue weighted by Gasteiger charge is 2.27. The van der Waals surface area contributed by atoms with Crippen molar-refractivity contribution < 1.29 is 9.13 Å². The zero-order chi connectivity index (χ0) is 23.1. The molecular formula is C23H25FN8O. The predicted octanol–water partition coefficient (Wildman–Crippen LogP) is 3.54. The second-order valence-corrected chi connectivity index (χ2v) is 8.48. The zero-order valence-corrected chi connectivity index (χ0v) is 18.8. The van der Waals surface area contributed by atoms with Crippen LogP contribution in [0.4, 0.5) is 10.2 Å². The topological polar surface area (TPSA) is 78.9 Å². The number of rotatable bonds is 5. The van der Waals surface area contributed by atoms with Gasteiger partial charge < -0.3 is 14.6 Å². The maximum Gasteiger partial charge on any atom is 0.270 e. The first-order valence-corrected chi connectivity index (χ1v) is 10.9. The number of halogens is 1. The average molecular weight is 449 g/mol. The maximum absolute atomic E-state index is 16.0. The van der Waals surface area contributed by atoms with Gasteiger partial charge in [-0.25, -0.2) is 30.3 Å². The van der Waals surface area contributed by atoms with E-state index in [-0.39, 0.29) is 11.7 Å². The van der Waals surface area contributed by atoms with E-state index in [0.29, 0.717) is 61.0 Å². The molecule has 0 amide bonds. The number of piperazine rings is 1. The first kappa shape index (κ1) is 21.2.